The number of halogens is 1. The van der Waals surface area contributed by atoms with Crippen molar-refractivity contribution in [1.82, 2.24) is 14.9 Å². The summed E-state index contributed by atoms with van der Waals surface area (Å²) in [5.41, 5.74) is 1.38. The summed E-state index contributed by atoms with van der Waals surface area (Å²) in [6.07, 6.45) is 5.01. The van der Waals surface area contributed by atoms with Crippen LogP contribution in [0.3, 0.4) is 0 Å². The Kier molecular flexibility index (Phi) is 4.28. The van der Waals surface area contributed by atoms with Gasteiger partial charge in [0.25, 0.3) is 5.91 Å². The summed E-state index contributed by atoms with van der Waals surface area (Å²) < 4.78 is 24.4. The Morgan fingerprint density at radius 1 is 1.38 bits per heavy atom. The van der Waals surface area contributed by atoms with Gasteiger partial charge in [-0.15, -0.1) is 0 Å². The van der Waals surface area contributed by atoms with Crippen molar-refractivity contribution in [1.29, 1.82) is 0 Å². The minimum absolute atomic E-state index is 0.201. The molecule has 0 aliphatic carbocycles. The third-order valence-corrected chi connectivity index (χ3v) is 4.58. The summed E-state index contributed by atoms with van der Waals surface area (Å²) in [5, 5.41) is 0. The largest absolute Gasteiger partial charge is 0.443 e. The number of likely N-dealkylation sites (tertiary alicyclic amines) is 1. The lowest BCUT2D eigenvalue weighted by molar-refractivity contribution is 0.0681. The van der Waals surface area contributed by atoms with E-state index in [2.05, 4.69) is 9.97 Å². The molecule has 0 spiro atoms. The third-order valence-electron chi connectivity index (χ3n) is 4.58. The number of oxazole rings is 2. The van der Waals surface area contributed by atoms with Crippen LogP contribution in [-0.2, 0) is 6.42 Å². The second-order valence-corrected chi connectivity index (χ2v) is 6.39. The van der Waals surface area contributed by atoms with E-state index in [0.717, 1.165) is 18.4 Å². The van der Waals surface area contributed by atoms with Gasteiger partial charge in [0.2, 0.25) is 11.7 Å². The second-order valence-electron chi connectivity index (χ2n) is 6.39. The van der Waals surface area contributed by atoms with E-state index in [4.69, 9.17) is 8.83 Å². The van der Waals surface area contributed by atoms with Crippen LogP contribution in [-0.4, -0.2) is 27.3 Å². The van der Waals surface area contributed by atoms with Crippen molar-refractivity contribution < 1.29 is 18.0 Å². The molecule has 1 atom stereocenters. The average molecular weight is 355 g/mol. The van der Waals surface area contributed by atoms with Gasteiger partial charge in [-0.25, -0.2) is 14.4 Å². The van der Waals surface area contributed by atoms with Crippen LogP contribution in [0.1, 0.15) is 52.3 Å². The number of amides is 1. The zero-order valence-electron chi connectivity index (χ0n) is 14.3. The van der Waals surface area contributed by atoms with Gasteiger partial charge in [-0.2, -0.15) is 0 Å². The van der Waals surface area contributed by atoms with Gasteiger partial charge in [0, 0.05) is 13.0 Å². The van der Waals surface area contributed by atoms with Crippen LogP contribution in [0.5, 0.6) is 0 Å². The van der Waals surface area contributed by atoms with Crippen LogP contribution in [0, 0.1) is 12.7 Å². The number of aromatic nitrogens is 2. The van der Waals surface area contributed by atoms with Gasteiger partial charge in [0.1, 0.15) is 17.6 Å². The van der Waals surface area contributed by atoms with E-state index >= 15 is 0 Å². The smallest absolute Gasteiger partial charge is 0.292 e. The highest BCUT2D eigenvalue weighted by atomic mass is 19.1. The topological polar surface area (TPSA) is 72.4 Å². The molecule has 1 fully saturated rings. The molecular weight excluding hydrogens is 337 g/mol. The van der Waals surface area contributed by atoms with Crippen molar-refractivity contribution in [3.8, 4) is 0 Å². The Hall–Kier alpha value is -2.96. The van der Waals surface area contributed by atoms with Crippen LogP contribution >= 0.6 is 0 Å². The van der Waals surface area contributed by atoms with Gasteiger partial charge in [-0.05, 0) is 37.5 Å². The van der Waals surface area contributed by atoms with E-state index in [-0.39, 0.29) is 23.5 Å². The fourth-order valence-electron chi connectivity index (χ4n) is 3.31. The van der Waals surface area contributed by atoms with E-state index in [1.54, 1.807) is 24.1 Å². The highest BCUT2D eigenvalue weighted by Gasteiger charge is 2.35. The molecule has 6 nitrogen and oxygen atoms in total. The molecule has 1 amide bonds. The maximum Gasteiger partial charge on any atom is 0.292 e. The molecule has 1 saturated heterocycles. The molecule has 0 bridgehead atoms. The number of carbonyl (C=O) groups excluding carboxylic acids is 1. The second kappa shape index (κ2) is 6.74. The Morgan fingerprint density at radius 3 is 3.04 bits per heavy atom. The van der Waals surface area contributed by atoms with Crippen LogP contribution in [0.4, 0.5) is 4.39 Å². The van der Waals surface area contributed by atoms with Gasteiger partial charge in [0.05, 0.1) is 11.9 Å². The number of carbonyl (C=O) groups is 1. The van der Waals surface area contributed by atoms with Gasteiger partial charge in [-0.3, -0.25) is 4.79 Å². The van der Waals surface area contributed by atoms with Gasteiger partial charge >= 0.3 is 0 Å². The average Bonchev–Trinajstić information content (AvgIpc) is 3.34. The fraction of sp³-hybridized carbons (Fsp3) is 0.316. The molecule has 3 aromatic rings. The predicted octanol–water partition coefficient (Wildman–Crippen LogP) is 3.68. The van der Waals surface area contributed by atoms with E-state index in [9.17, 15) is 9.18 Å². The van der Waals surface area contributed by atoms with Crippen molar-refractivity contribution in [3.63, 3.8) is 0 Å². The Morgan fingerprint density at radius 2 is 2.27 bits per heavy atom. The molecule has 134 valence electrons. The number of rotatable bonds is 4. The quantitative estimate of drug-likeness (QED) is 0.714. The van der Waals surface area contributed by atoms with E-state index < -0.39 is 0 Å². The van der Waals surface area contributed by atoms with Crippen LogP contribution < -0.4 is 0 Å². The predicted molar refractivity (Wildman–Crippen MR) is 90.0 cm³/mol. The molecule has 7 heteroatoms. The third kappa shape index (κ3) is 3.12. The standard InChI is InChI=1S/C19H18FN3O3/c1-12-17(25-11-22-12)19(24)23-7-3-6-16(23)18-21-10-15(26-18)9-13-4-2-5-14(20)8-13/h2,4-5,8,10-11,16H,3,6-7,9H2,1H3/t16-/m1/s1. The zero-order valence-corrected chi connectivity index (χ0v) is 14.3. The maximum atomic E-state index is 13.3. The fourth-order valence-corrected chi connectivity index (χ4v) is 3.31. The minimum atomic E-state index is -0.280. The van der Waals surface area contributed by atoms with Crippen LogP contribution in [0.2, 0.25) is 0 Å². The number of aryl methyl sites for hydroxylation is 1. The lowest BCUT2D eigenvalue weighted by Gasteiger charge is -2.21. The first-order chi connectivity index (χ1) is 12.6. The Labute approximate surface area is 149 Å². The lowest BCUT2D eigenvalue weighted by atomic mass is 10.1. The summed E-state index contributed by atoms with van der Waals surface area (Å²) >= 11 is 0. The normalized spacial score (nSPS) is 17.0. The van der Waals surface area contributed by atoms with Crippen molar-refractivity contribution in [2.75, 3.05) is 6.54 Å². The van der Waals surface area contributed by atoms with Gasteiger partial charge in [0.15, 0.2) is 6.39 Å². The molecule has 0 N–H and O–H groups in total. The molecular formula is C19H18FN3O3. The summed E-state index contributed by atoms with van der Waals surface area (Å²) in [4.78, 5) is 22.8. The summed E-state index contributed by atoms with van der Waals surface area (Å²) in [5.74, 6) is 0.910. The molecule has 1 aromatic carbocycles. The number of hydrogen-bond acceptors (Lipinski definition) is 5. The maximum absolute atomic E-state index is 13.3. The number of benzene rings is 1. The van der Waals surface area contributed by atoms with Crippen molar-refractivity contribution in [3.05, 3.63) is 71.3 Å². The Balaban J connectivity index is 1.53. The molecule has 0 radical (unpaired) electrons. The Bertz CT molecular complexity index is 934. The molecule has 0 unspecified atom stereocenters. The van der Waals surface area contributed by atoms with Crippen LogP contribution in [0.15, 0.2) is 45.7 Å². The molecule has 26 heavy (non-hydrogen) atoms. The first kappa shape index (κ1) is 16.5. The SMILES string of the molecule is Cc1ncoc1C(=O)N1CCC[C@@H]1c1ncc(Cc2cccc(F)c2)o1. The molecule has 1 aliphatic heterocycles. The van der Waals surface area contributed by atoms with Gasteiger partial charge < -0.3 is 13.7 Å². The minimum Gasteiger partial charge on any atom is -0.443 e. The zero-order chi connectivity index (χ0) is 18.1. The highest BCUT2D eigenvalue weighted by Crippen LogP contribution is 2.33. The van der Waals surface area contributed by atoms with E-state index in [1.165, 1.54) is 18.5 Å². The number of hydrogen-bond donors (Lipinski definition) is 0. The summed E-state index contributed by atoms with van der Waals surface area (Å²) in [6.45, 7) is 2.36. The summed E-state index contributed by atoms with van der Waals surface area (Å²) in [6, 6.07) is 6.15. The number of nitrogens with zero attached hydrogens (tertiary/aromatic N) is 3. The van der Waals surface area contributed by atoms with Crippen molar-refractivity contribution in [2.24, 2.45) is 0 Å². The first-order valence-corrected chi connectivity index (χ1v) is 8.52. The molecule has 0 saturated carbocycles. The highest BCUT2D eigenvalue weighted by molar-refractivity contribution is 5.92. The molecule has 1 aliphatic rings. The van der Waals surface area contributed by atoms with Crippen molar-refractivity contribution >= 4 is 5.91 Å². The van der Waals surface area contributed by atoms with Crippen molar-refractivity contribution in [2.45, 2.75) is 32.2 Å². The monoisotopic (exact) mass is 355 g/mol. The van der Waals surface area contributed by atoms with Gasteiger partial charge in [-0.1, -0.05) is 12.1 Å². The molecule has 2 aromatic heterocycles. The van der Waals surface area contributed by atoms with E-state index in [0.29, 0.717) is 30.3 Å². The lowest BCUT2D eigenvalue weighted by Crippen LogP contribution is -2.30. The summed E-state index contributed by atoms with van der Waals surface area (Å²) in [7, 11) is 0. The molecule has 3 heterocycles. The molecule has 4 rings (SSSR count). The first-order valence-electron chi connectivity index (χ1n) is 8.52. The van der Waals surface area contributed by atoms with E-state index in [1.807, 2.05) is 6.07 Å². The van der Waals surface area contributed by atoms with Crippen LogP contribution in [0.25, 0.3) is 0 Å².